The fraction of sp³-hybridized carbons (Fsp3) is 0.467. The lowest BCUT2D eigenvalue weighted by Crippen LogP contribution is -2.19. The van der Waals surface area contributed by atoms with Crippen molar-refractivity contribution < 1.29 is 0 Å². The second kappa shape index (κ2) is 6.99. The molecule has 2 aromatic rings. The Hall–Kier alpha value is -1.20. The van der Waals surface area contributed by atoms with Gasteiger partial charge in [0.15, 0.2) is 0 Å². The number of hydrogen-bond acceptors (Lipinski definition) is 3. The number of hydrogen-bond donors (Lipinski definition) is 1. The van der Waals surface area contributed by atoms with Crippen LogP contribution in [0.5, 0.6) is 0 Å². The molecule has 1 N–H and O–H groups in total. The zero-order valence-electron chi connectivity index (χ0n) is 12.2. The van der Waals surface area contributed by atoms with Crippen molar-refractivity contribution in [3.8, 4) is 0 Å². The van der Waals surface area contributed by atoms with Gasteiger partial charge in [0, 0.05) is 28.5 Å². The molecule has 2 heterocycles. The summed E-state index contributed by atoms with van der Waals surface area (Å²) < 4.78 is 3.00. The van der Waals surface area contributed by atoms with E-state index in [1.54, 1.807) is 0 Å². The first-order valence-electron chi connectivity index (χ1n) is 6.88. The summed E-state index contributed by atoms with van der Waals surface area (Å²) in [4.78, 5) is 4.39. The van der Waals surface area contributed by atoms with Gasteiger partial charge >= 0.3 is 0 Å². The number of rotatable bonds is 6. The van der Waals surface area contributed by atoms with Gasteiger partial charge in [-0.05, 0) is 47.4 Å². The maximum Gasteiger partial charge on any atom is 0.0834 e. The molecule has 0 radical (unpaired) electrons. The minimum Gasteiger partial charge on any atom is -0.312 e. The van der Waals surface area contributed by atoms with Crippen LogP contribution in [-0.2, 0) is 13.1 Å². The summed E-state index contributed by atoms with van der Waals surface area (Å²) in [5.41, 5.74) is 3.47. The van der Waals surface area contributed by atoms with E-state index in [0.29, 0.717) is 12.5 Å². The molecule has 0 aliphatic heterocycles. The molecule has 108 valence electrons. The maximum absolute atomic E-state index is 4.46. The highest BCUT2D eigenvalue weighted by molar-refractivity contribution is 9.10. The second-order valence-electron chi connectivity index (χ2n) is 5.41. The Labute approximate surface area is 128 Å². The van der Waals surface area contributed by atoms with E-state index in [1.807, 2.05) is 29.2 Å². The predicted octanol–water partition coefficient (Wildman–Crippen LogP) is 3.14. The van der Waals surface area contributed by atoms with Crippen molar-refractivity contribution in [3.63, 3.8) is 0 Å². The molecule has 0 fully saturated rings. The van der Waals surface area contributed by atoms with Crippen LogP contribution in [0.15, 0.2) is 29.0 Å². The van der Waals surface area contributed by atoms with E-state index in [9.17, 15) is 0 Å². The van der Waals surface area contributed by atoms with Gasteiger partial charge in [-0.3, -0.25) is 9.67 Å². The van der Waals surface area contributed by atoms with Crippen LogP contribution >= 0.6 is 15.9 Å². The van der Waals surface area contributed by atoms with Crippen LogP contribution < -0.4 is 5.32 Å². The van der Waals surface area contributed by atoms with Crippen molar-refractivity contribution in [3.05, 3.63) is 46.0 Å². The SMILES string of the molecule is Cc1c(CNCC(C)C)cnn1Cc1ccc(Br)cn1. The summed E-state index contributed by atoms with van der Waals surface area (Å²) in [7, 11) is 0. The van der Waals surface area contributed by atoms with Gasteiger partial charge in [0.05, 0.1) is 18.4 Å². The summed E-state index contributed by atoms with van der Waals surface area (Å²) >= 11 is 3.40. The average molecular weight is 337 g/mol. The summed E-state index contributed by atoms with van der Waals surface area (Å²) in [5, 5.41) is 7.91. The monoisotopic (exact) mass is 336 g/mol. The molecular weight excluding hydrogens is 316 g/mol. The van der Waals surface area contributed by atoms with Crippen LogP contribution in [0, 0.1) is 12.8 Å². The van der Waals surface area contributed by atoms with E-state index in [4.69, 9.17) is 0 Å². The zero-order valence-corrected chi connectivity index (χ0v) is 13.8. The lowest BCUT2D eigenvalue weighted by molar-refractivity contribution is 0.550. The maximum atomic E-state index is 4.46. The fourth-order valence-electron chi connectivity index (χ4n) is 1.97. The van der Waals surface area contributed by atoms with Gasteiger partial charge in [0.2, 0.25) is 0 Å². The minimum atomic E-state index is 0.664. The Bertz CT molecular complexity index is 546. The quantitative estimate of drug-likeness (QED) is 0.881. The van der Waals surface area contributed by atoms with Crippen molar-refractivity contribution >= 4 is 15.9 Å². The molecule has 0 bridgehead atoms. The molecule has 0 unspecified atom stereocenters. The van der Waals surface area contributed by atoms with Crippen LogP contribution in [0.4, 0.5) is 0 Å². The van der Waals surface area contributed by atoms with E-state index >= 15 is 0 Å². The third kappa shape index (κ3) is 4.15. The average Bonchev–Trinajstić information content (AvgIpc) is 2.74. The highest BCUT2D eigenvalue weighted by Crippen LogP contribution is 2.11. The van der Waals surface area contributed by atoms with E-state index < -0.39 is 0 Å². The van der Waals surface area contributed by atoms with Crippen molar-refractivity contribution in [2.75, 3.05) is 6.54 Å². The van der Waals surface area contributed by atoms with E-state index in [-0.39, 0.29) is 0 Å². The molecule has 0 aliphatic carbocycles. The van der Waals surface area contributed by atoms with Gasteiger partial charge in [-0.15, -0.1) is 0 Å². The summed E-state index contributed by atoms with van der Waals surface area (Å²) in [6.45, 7) is 9.14. The molecule has 0 saturated carbocycles. The molecule has 4 nitrogen and oxygen atoms in total. The van der Waals surface area contributed by atoms with Gasteiger partial charge in [-0.25, -0.2) is 0 Å². The molecular formula is C15H21BrN4. The smallest absolute Gasteiger partial charge is 0.0834 e. The van der Waals surface area contributed by atoms with Gasteiger partial charge in [-0.2, -0.15) is 5.10 Å². The highest BCUT2D eigenvalue weighted by atomic mass is 79.9. The van der Waals surface area contributed by atoms with Crippen LogP contribution in [0.1, 0.15) is 30.8 Å². The van der Waals surface area contributed by atoms with Crippen LogP contribution in [0.25, 0.3) is 0 Å². The molecule has 2 rings (SSSR count). The molecule has 0 atom stereocenters. The predicted molar refractivity (Wildman–Crippen MR) is 84.5 cm³/mol. The van der Waals surface area contributed by atoms with Crippen LogP contribution in [0.3, 0.4) is 0 Å². The van der Waals surface area contributed by atoms with E-state index in [1.165, 1.54) is 11.3 Å². The van der Waals surface area contributed by atoms with Crippen molar-refractivity contribution in [2.45, 2.75) is 33.9 Å². The van der Waals surface area contributed by atoms with Crippen LogP contribution in [0.2, 0.25) is 0 Å². The Morgan fingerprint density at radius 3 is 2.75 bits per heavy atom. The standard InChI is InChI=1S/C15H21BrN4/c1-11(2)6-17-7-13-8-19-20(12(13)3)10-15-5-4-14(16)9-18-15/h4-5,8-9,11,17H,6-7,10H2,1-3H3. The van der Waals surface area contributed by atoms with Crippen LogP contribution in [-0.4, -0.2) is 21.3 Å². The molecule has 0 saturated heterocycles. The summed E-state index contributed by atoms with van der Waals surface area (Å²) in [6.07, 6.45) is 3.76. The first-order valence-corrected chi connectivity index (χ1v) is 7.68. The molecule has 20 heavy (non-hydrogen) atoms. The number of nitrogens with one attached hydrogen (secondary N) is 1. The minimum absolute atomic E-state index is 0.664. The lowest BCUT2D eigenvalue weighted by atomic mass is 10.2. The molecule has 0 aromatic carbocycles. The number of nitrogens with zero attached hydrogens (tertiary/aromatic N) is 3. The Kier molecular flexibility index (Phi) is 5.31. The Morgan fingerprint density at radius 2 is 2.10 bits per heavy atom. The molecule has 2 aromatic heterocycles. The molecule has 0 aliphatic rings. The third-order valence-electron chi connectivity index (χ3n) is 3.17. The van der Waals surface area contributed by atoms with Crippen molar-refractivity contribution in [2.24, 2.45) is 5.92 Å². The fourth-order valence-corrected chi connectivity index (χ4v) is 2.20. The van der Waals surface area contributed by atoms with Gasteiger partial charge in [0.1, 0.15) is 0 Å². The molecule has 5 heteroatoms. The van der Waals surface area contributed by atoms with Crippen molar-refractivity contribution in [1.29, 1.82) is 0 Å². The third-order valence-corrected chi connectivity index (χ3v) is 3.64. The highest BCUT2D eigenvalue weighted by Gasteiger charge is 2.07. The molecule has 0 spiro atoms. The first kappa shape index (κ1) is 15.2. The lowest BCUT2D eigenvalue weighted by Gasteiger charge is -2.08. The number of halogens is 1. The molecule has 0 amide bonds. The van der Waals surface area contributed by atoms with Gasteiger partial charge in [-0.1, -0.05) is 13.8 Å². The summed E-state index contributed by atoms with van der Waals surface area (Å²) in [5.74, 6) is 0.664. The van der Waals surface area contributed by atoms with Crippen molar-refractivity contribution in [1.82, 2.24) is 20.1 Å². The summed E-state index contributed by atoms with van der Waals surface area (Å²) in [6, 6.07) is 4.02. The Morgan fingerprint density at radius 1 is 1.30 bits per heavy atom. The van der Waals surface area contributed by atoms with Gasteiger partial charge < -0.3 is 5.32 Å². The first-order chi connectivity index (χ1) is 9.56. The largest absolute Gasteiger partial charge is 0.312 e. The zero-order chi connectivity index (χ0) is 14.5. The van der Waals surface area contributed by atoms with E-state index in [2.05, 4.69) is 52.1 Å². The topological polar surface area (TPSA) is 42.7 Å². The van der Waals surface area contributed by atoms with Gasteiger partial charge in [0.25, 0.3) is 0 Å². The van der Waals surface area contributed by atoms with E-state index in [0.717, 1.165) is 23.3 Å². The Balaban J connectivity index is 1.99. The number of aromatic nitrogens is 3. The normalized spacial score (nSPS) is 11.2. The number of pyridine rings is 1. The second-order valence-corrected chi connectivity index (χ2v) is 6.32.